The van der Waals surface area contributed by atoms with Gasteiger partial charge in [-0.2, -0.15) is 0 Å². The maximum atomic E-state index is 11.8. The van der Waals surface area contributed by atoms with Gasteiger partial charge >= 0.3 is 0 Å². The summed E-state index contributed by atoms with van der Waals surface area (Å²) in [6.07, 6.45) is 2.19. The van der Waals surface area contributed by atoms with Crippen molar-refractivity contribution in [3.05, 3.63) is 29.3 Å². The van der Waals surface area contributed by atoms with Gasteiger partial charge in [0.05, 0.1) is 10.8 Å². The van der Waals surface area contributed by atoms with Gasteiger partial charge in [-0.1, -0.05) is 23.7 Å². The molecule has 1 aromatic carbocycles. The second-order valence-electron chi connectivity index (χ2n) is 4.33. The first-order chi connectivity index (χ1) is 8.75. The highest BCUT2D eigenvalue weighted by Gasteiger charge is 2.15. The number of hydrogen-bond donors (Lipinski definition) is 2. The molecule has 1 aromatic rings. The quantitative estimate of drug-likeness (QED) is 0.838. The van der Waals surface area contributed by atoms with Crippen LogP contribution in [0, 0.1) is 0 Å². The van der Waals surface area contributed by atoms with Crippen LogP contribution in [0.4, 0.5) is 0 Å². The van der Waals surface area contributed by atoms with E-state index in [1.165, 1.54) is 11.8 Å². The molecule has 1 amide bonds. The second-order valence-corrected chi connectivity index (χ2v) is 5.75. The number of thioether (sulfide) groups is 1. The van der Waals surface area contributed by atoms with E-state index in [1.807, 2.05) is 24.3 Å². The molecule has 0 aromatic heterocycles. The Bertz CT molecular complexity index is 411. The van der Waals surface area contributed by atoms with Crippen molar-refractivity contribution in [3.8, 4) is 0 Å². The Kier molecular flexibility index (Phi) is 7.61. The molecule has 6 heteroatoms. The number of nitrogens with one attached hydrogen (secondary N) is 2. The number of piperidine rings is 1. The third-order valence-electron chi connectivity index (χ3n) is 2.86. The fourth-order valence-electron chi connectivity index (χ4n) is 1.95. The third kappa shape index (κ3) is 5.61. The third-order valence-corrected chi connectivity index (χ3v) is 4.37. The summed E-state index contributed by atoms with van der Waals surface area (Å²) in [7, 11) is 0. The maximum Gasteiger partial charge on any atom is 0.230 e. The second kappa shape index (κ2) is 8.69. The topological polar surface area (TPSA) is 41.1 Å². The smallest absolute Gasteiger partial charge is 0.230 e. The van der Waals surface area contributed by atoms with E-state index in [-0.39, 0.29) is 24.4 Å². The molecule has 106 valence electrons. The molecule has 2 rings (SSSR count). The molecule has 0 saturated carbocycles. The van der Waals surface area contributed by atoms with Crippen LogP contribution in [0.3, 0.4) is 0 Å². The summed E-state index contributed by atoms with van der Waals surface area (Å²) in [5.41, 5.74) is 0. The first kappa shape index (κ1) is 16.6. The van der Waals surface area contributed by atoms with Crippen LogP contribution in [0.2, 0.25) is 5.02 Å². The molecule has 1 atom stereocenters. The van der Waals surface area contributed by atoms with Crippen LogP contribution >= 0.6 is 35.8 Å². The van der Waals surface area contributed by atoms with Crippen molar-refractivity contribution in [2.45, 2.75) is 23.8 Å². The van der Waals surface area contributed by atoms with Crippen molar-refractivity contribution in [2.75, 3.05) is 18.8 Å². The summed E-state index contributed by atoms with van der Waals surface area (Å²) in [5.74, 6) is 0.494. The molecule has 1 fully saturated rings. The molecule has 1 aliphatic rings. The number of amides is 1. The van der Waals surface area contributed by atoms with Crippen molar-refractivity contribution >= 4 is 41.7 Å². The Morgan fingerprint density at radius 2 is 2.26 bits per heavy atom. The Balaban J connectivity index is 0.00000180. The predicted molar refractivity (Wildman–Crippen MR) is 83.5 cm³/mol. The molecule has 1 aliphatic heterocycles. The molecule has 0 unspecified atom stereocenters. The van der Waals surface area contributed by atoms with Crippen LogP contribution in [0.25, 0.3) is 0 Å². The van der Waals surface area contributed by atoms with Crippen LogP contribution in [-0.4, -0.2) is 30.8 Å². The van der Waals surface area contributed by atoms with E-state index in [0.717, 1.165) is 30.8 Å². The highest BCUT2D eigenvalue weighted by atomic mass is 35.5. The summed E-state index contributed by atoms with van der Waals surface area (Å²) in [6.45, 7) is 1.93. The molecule has 0 radical (unpaired) electrons. The zero-order valence-corrected chi connectivity index (χ0v) is 12.9. The summed E-state index contributed by atoms with van der Waals surface area (Å²) in [4.78, 5) is 12.7. The van der Waals surface area contributed by atoms with Crippen molar-refractivity contribution in [2.24, 2.45) is 0 Å². The van der Waals surface area contributed by atoms with Crippen molar-refractivity contribution in [3.63, 3.8) is 0 Å². The van der Waals surface area contributed by atoms with Gasteiger partial charge in [-0.05, 0) is 31.5 Å². The Hall–Kier alpha value is -0.420. The van der Waals surface area contributed by atoms with Crippen LogP contribution in [0.15, 0.2) is 29.2 Å². The van der Waals surface area contributed by atoms with Crippen LogP contribution in [-0.2, 0) is 4.79 Å². The monoisotopic (exact) mass is 320 g/mol. The zero-order valence-electron chi connectivity index (χ0n) is 10.5. The van der Waals surface area contributed by atoms with Gasteiger partial charge in [0.2, 0.25) is 5.91 Å². The first-order valence-electron chi connectivity index (χ1n) is 6.13. The van der Waals surface area contributed by atoms with E-state index < -0.39 is 0 Å². The molecule has 0 bridgehead atoms. The molecule has 19 heavy (non-hydrogen) atoms. The highest BCUT2D eigenvalue weighted by Crippen LogP contribution is 2.26. The Morgan fingerprint density at radius 3 is 2.95 bits per heavy atom. The SMILES string of the molecule is Cl.O=C(CSc1ccccc1Cl)N[C@H]1CCCNC1. The number of halogens is 2. The van der Waals surface area contributed by atoms with Crippen molar-refractivity contribution < 1.29 is 4.79 Å². The van der Waals surface area contributed by atoms with Crippen molar-refractivity contribution in [1.82, 2.24) is 10.6 Å². The summed E-state index contributed by atoms with van der Waals surface area (Å²) >= 11 is 7.52. The molecule has 0 spiro atoms. The van der Waals surface area contributed by atoms with Gasteiger partial charge in [-0.25, -0.2) is 0 Å². The number of benzene rings is 1. The molecule has 2 N–H and O–H groups in total. The fraction of sp³-hybridized carbons (Fsp3) is 0.462. The Morgan fingerprint density at radius 1 is 1.47 bits per heavy atom. The minimum absolute atomic E-state index is 0. The van der Waals surface area contributed by atoms with Crippen LogP contribution < -0.4 is 10.6 Å². The van der Waals surface area contributed by atoms with Gasteiger partial charge < -0.3 is 10.6 Å². The minimum atomic E-state index is 0. The van der Waals surface area contributed by atoms with Gasteiger partial charge in [-0.3, -0.25) is 4.79 Å². The zero-order chi connectivity index (χ0) is 12.8. The van der Waals surface area contributed by atoms with Crippen LogP contribution in [0.1, 0.15) is 12.8 Å². The van der Waals surface area contributed by atoms with Crippen molar-refractivity contribution in [1.29, 1.82) is 0 Å². The maximum absolute atomic E-state index is 11.8. The number of hydrogen-bond acceptors (Lipinski definition) is 3. The lowest BCUT2D eigenvalue weighted by Crippen LogP contribution is -2.46. The van der Waals surface area contributed by atoms with E-state index in [0.29, 0.717) is 10.8 Å². The van der Waals surface area contributed by atoms with Gasteiger partial charge in [0, 0.05) is 17.5 Å². The summed E-state index contributed by atoms with van der Waals surface area (Å²) in [5, 5.41) is 7.03. The largest absolute Gasteiger partial charge is 0.351 e. The van der Waals surface area contributed by atoms with Gasteiger partial charge in [0.1, 0.15) is 0 Å². The lowest BCUT2D eigenvalue weighted by Gasteiger charge is -2.23. The van der Waals surface area contributed by atoms with E-state index >= 15 is 0 Å². The summed E-state index contributed by atoms with van der Waals surface area (Å²) < 4.78 is 0. The first-order valence-corrected chi connectivity index (χ1v) is 7.49. The minimum Gasteiger partial charge on any atom is -0.351 e. The lowest BCUT2D eigenvalue weighted by molar-refractivity contribution is -0.119. The average Bonchev–Trinajstić information content (AvgIpc) is 2.39. The number of rotatable bonds is 4. The van der Waals surface area contributed by atoms with E-state index in [1.54, 1.807) is 0 Å². The van der Waals surface area contributed by atoms with Gasteiger partial charge in [0.25, 0.3) is 0 Å². The molecule has 3 nitrogen and oxygen atoms in total. The van der Waals surface area contributed by atoms with E-state index in [9.17, 15) is 4.79 Å². The molecule has 1 saturated heterocycles. The highest BCUT2D eigenvalue weighted by molar-refractivity contribution is 8.00. The Labute approximate surface area is 129 Å². The molecule has 1 heterocycles. The molecular weight excluding hydrogens is 303 g/mol. The standard InChI is InChI=1S/C13H17ClN2OS.ClH/c14-11-5-1-2-6-12(11)18-9-13(17)16-10-4-3-7-15-8-10;/h1-2,5-6,10,15H,3-4,7-9H2,(H,16,17);1H/t10-;/m0./s1. The lowest BCUT2D eigenvalue weighted by atomic mass is 10.1. The number of carbonyl (C=O) groups excluding carboxylic acids is 1. The average molecular weight is 321 g/mol. The van der Waals surface area contributed by atoms with Gasteiger partial charge in [-0.15, -0.1) is 24.2 Å². The van der Waals surface area contributed by atoms with Gasteiger partial charge in [0.15, 0.2) is 0 Å². The molecular formula is C13H18Cl2N2OS. The van der Waals surface area contributed by atoms with E-state index in [2.05, 4.69) is 10.6 Å². The van der Waals surface area contributed by atoms with Crippen LogP contribution in [0.5, 0.6) is 0 Å². The van der Waals surface area contributed by atoms with E-state index in [4.69, 9.17) is 11.6 Å². The normalized spacial score (nSPS) is 18.5. The fourth-order valence-corrected chi connectivity index (χ4v) is 3.00. The number of carbonyl (C=O) groups is 1. The summed E-state index contributed by atoms with van der Waals surface area (Å²) in [6, 6.07) is 7.87. The molecule has 0 aliphatic carbocycles. The predicted octanol–water partition coefficient (Wildman–Crippen LogP) is 2.72.